The Morgan fingerprint density at radius 3 is 2.68 bits per heavy atom. The van der Waals surface area contributed by atoms with Gasteiger partial charge in [-0.3, -0.25) is 4.90 Å². The van der Waals surface area contributed by atoms with E-state index in [1.807, 2.05) is 0 Å². The van der Waals surface area contributed by atoms with Gasteiger partial charge in [0, 0.05) is 31.2 Å². The fraction of sp³-hybridized carbons (Fsp3) is 1.00. The van der Waals surface area contributed by atoms with Gasteiger partial charge >= 0.3 is 0 Å². The lowest BCUT2D eigenvalue weighted by molar-refractivity contribution is 0.0697. The average Bonchev–Trinajstić information content (AvgIpc) is 2.36. The fourth-order valence-electron chi connectivity index (χ4n) is 3.38. The van der Waals surface area contributed by atoms with Crippen LogP contribution in [-0.4, -0.2) is 56.0 Å². The summed E-state index contributed by atoms with van der Waals surface area (Å²) in [5.41, 5.74) is 0. The highest BCUT2D eigenvalue weighted by atomic mass is 32.2. The molecule has 0 radical (unpaired) electrons. The molecular formula is C14H28N2O2S. The van der Waals surface area contributed by atoms with Crippen LogP contribution in [0.15, 0.2) is 0 Å². The zero-order valence-electron chi connectivity index (χ0n) is 12.4. The van der Waals surface area contributed by atoms with E-state index in [9.17, 15) is 8.42 Å². The Hall–Kier alpha value is -0.130. The van der Waals surface area contributed by atoms with Gasteiger partial charge in [-0.15, -0.1) is 0 Å². The second-order valence-electron chi connectivity index (χ2n) is 6.43. The fourth-order valence-corrected chi connectivity index (χ4v) is 5.10. The van der Waals surface area contributed by atoms with E-state index < -0.39 is 9.84 Å². The van der Waals surface area contributed by atoms with Gasteiger partial charge in [0.25, 0.3) is 0 Å². The summed E-state index contributed by atoms with van der Waals surface area (Å²) in [7, 11) is -2.81. The second-order valence-corrected chi connectivity index (χ2v) is 8.66. The number of nitrogens with one attached hydrogen (secondary N) is 1. The third-order valence-electron chi connectivity index (χ3n) is 4.68. The maximum Gasteiger partial charge on any atom is 0.151 e. The van der Waals surface area contributed by atoms with Crippen LogP contribution < -0.4 is 5.32 Å². The van der Waals surface area contributed by atoms with Crippen LogP contribution in [0.25, 0.3) is 0 Å². The molecule has 5 heteroatoms. The topological polar surface area (TPSA) is 49.4 Å². The van der Waals surface area contributed by atoms with Crippen LogP contribution in [0.1, 0.15) is 40.0 Å². The Labute approximate surface area is 117 Å². The van der Waals surface area contributed by atoms with Gasteiger partial charge in [0.15, 0.2) is 9.84 Å². The summed E-state index contributed by atoms with van der Waals surface area (Å²) < 4.78 is 23.7. The third kappa shape index (κ3) is 3.70. The van der Waals surface area contributed by atoms with Gasteiger partial charge in [-0.1, -0.05) is 20.8 Å². The number of nitrogens with zero attached hydrogens (tertiary/aromatic N) is 1. The first kappa shape index (κ1) is 15.3. The van der Waals surface area contributed by atoms with Crippen molar-refractivity contribution in [2.45, 2.75) is 58.2 Å². The van der Waals surface area contributed by atoms with Gasteiger partial charge in [0.2, 0.25) is 0 Å². The van der Waals surface area contributed by atoms with E-state index >= 15 is 0 Å². The molecule has 2 heterocycles. The van der Waals surface area contributed by atoms with E-state index in [1.165, 1.54) is 0 Å². The minimum absolute atomic E-state index is 0.243. The van der Waals surface area contributed by atoms with Gasteiger partial charge in [-0.2, -0.15) is 0 Å². The van der Waals surface area contributed by atoms with E-state index in [2.05, 4.69) is 31.0 Å². The van der Waals surface area contributed by atoms with Crippen molar-refractivity contribution in [1.29, 1.82) is 0 Å². The molecule has 0 saturated carbocycles. The van der Waals surface area contributed by atoms with Crippen molar-refractivity contribution in [2.24, 2.45) is 5.92 Å². The number of piperazine rings is 1. The first-order valence-electron chi connectivity index (χ1n) is 7.62. The molecule has 3 unspecified atom stereocenters. The molecule has 1 N–H and O–H groups in total. The first-order chi connectivity index (χ1) is 8.93. The summed E-state index contributed by atoms with van der Waals surface area (Å²) in [4.78, 5) is 2.48. The Bertz CT molecular complexity index is 394. The molecule has 3 atom stereocenters. The molecule has 0 spiro atoms. The summed E-state index contributed by atoms with van der Waals surface area (Å²) in [5.74, 6) is 1.36. The number of hydrogen-bond acceptors (Lipinski definition) is 4. The van der Waals surface area contributed by atoms with Crippen molar-refractivity contribution in [1.82, 2.24) is 10.2 Å². The lowest BCUT2D eigenvalue weighted by Gasteiger charge is -2.46. The molecule has 19 heavy (non-hydrogen) atoms. The van der Waals surface area contributed by atoms with Crippen LogP contribution in [-0.2, 0) is 9.84 Å². The van der Waals surface area contributed by atoms with E-state index in [4.69, 9.17) is 0 Å². The lowest BCUT2D eigenvalue weighted by atomic mass is 9.96. The number of sulfone groups is 1. The minimum Gasteiger partial charge on any atom is -0.311 e. The van der Waals surface area contributed by atoms with Crippen molar-refractivity contribution >= 4 is 9.84 Å². The van der Waals surface area contributed by atoms with Gasteiger partial charge < -0.3 is 5.32 Å². The third-order valence-corrected chi connectivity index (χ3v) is 6.48. The summed E-state index contributed by atoms with van der Waals surface area (Å²) in [6.07, 6.45) is 2.97. The van der Waals surface area contributed by atoms with Crippen molar-refractivity contribution in [2.75, 3.05) is 24.6 Å². The van der Waals surface area contributed by atoms with Crippen LogP contribution in [0.4, 0.5) is 0 Å². The number of hydrogen-bond donors (Lipinski definition) is 1. The normalized spacial score (nSPS) is 36.5. The molecule has 0 aromatic heterocycles. The second kappa shape index (κ2) is 6.10. The standard InChI is InChI=1S/C14H28N2O2S/c1-4-12-8-15-14(11(2)3)9-16(12)13-6-5-7-19(17,18)10-13/h11-15H,4-10H2,1-3H3. The molecule has 4 nitrogen and oxygen atoms in total. The van der Waals surface area contributed by atoms with Gasteiger partial charge in [-0.25, -0.2) is 8.42 Å². The first-order valence-corrected chi connectivity index (χ1v) is 9.44. The highest BCUT2D eigenvalue weighted by molar-refractivity contribution is 7.91. The van der Waals surface area contributed by atoms with Gasteiger partial charge in [-0.05, 0) is 25.2 Å². The molecule has 2 aliphatic heterocycles. The molecule has 2 aliphatic rings. The van der Waals surface area contributed by atoms with Crippen LogP contribution in [0.5, 0.6) is 0 Å². The Kier molecular flexibility index (Phi) is 4.90. The van der Waals surface area contributed by atoms with E-state index in [0.29, 0.717) is 29.5 Å². The molecule has 0 aromatic carbocycles. The summed E-state index contributed by atoms with van der Waals surface area (Å²) in [5, 5.41) is 3.62. The summed E-state index contributed by atoms with van der Waals surface area (Å²) in [6.45, 7) is 8.66. The maximum atomic E-state index is 11.9. The average molecular weight is 288 g/mol. The quantitative estimate of drug-likeness (QED) is 0.850. The zero-order valence-corrected chi connectivity index (χ0v) is 13.2. The summed E-state index contributed by atoms with van der Waals surface area (Å²) >= 11 is 0. The lowest BCUT2D eigenvalue weighted by Crippen LogP contribution is -2.62. The van der Waals surface area contributed by atoms with Crippen LogP contribution in [0, 0.1) is 5.92 Å². The summed E-state index contributed by atoms with van der Waals surface area (Å²) in [6, 6.07) is 1.23. The largest absolute Gasteiger partial charge is 0.311 e. The molecule has 0 aliphatic carbocycles. The van der Waals surface area contributed by atoms with Crippen molar-refractivity contribution < 1.29 is 8.42 Å². The van der Waals surface area contributed by atoms with E-state index in [1.54, 1.807) is 0 Å². The van der Waals surface area contributed by atoms with Gasteiger partial charge in [0.05, 0.1) is 11.5 Å². The predicted molar refractivity (Wildman–Crippen MR) is 79.1 cm³/mol. The van der Waals surface area contributed by atoms with Crippen LogP contribution >= 0.6 is 0 Å². The Balaban J connectivity index is 2.09. The highest BCUT2D eigenvalue weighted by Crippen LogP contribution is 2.24. The molecule has 0 aromatic rings. The van der Waals surface area contributed by atoms with Crippen LogP contribution in [0.3, 0.4) is 0 Å². The molecular weight excluding hydrogens is 260 g/mol. The zero-order chi connectivity index (χ0) is 14.0. The highest BCUT2D eigenvalue weighted by Gasteiger charge is 2.36. The molecule has 2 rings (SSSR count). The number of rotatable bonds is 3. The Morgan fingerprint density at radius 1 is 1.37 bits per heavy atom. The molecule has 112 valence electrons. The SMILES string of the molecule is CCC1CNC(C(C)C)CN1C1CCCS(=O)(=O)C1. The van der Waals surface area contributed by atoms with E-state index in [-0.39, 0.29) is 6.04 Å². The Morgan fingerprint density at radius 2 is 2.11 bits per heavy atom. The molecule has 2 saturated heterocycles. The smallest absolute Gasteiger partial charge is 0.151 e. The minimum atomic E-state index is -2.81. The monoisotopic (exact) mass is 288 g/mol. The molecule has 0 amide bonds. The predicted octanol–water partition coefficient (Wildman–Crippen LogP) is 1.27. The van der Waals surface area contributed by atoms with Crippen molar-refractivity contribution in [3.63, 3.8) is 0 Å². The van der Waals surface area contributed by atoms with Crippen LogP contribution in [0.2, 0.25) is 0 Å². The van der Waals surface area contributed by atoms with Gasteiger partial charge in [0.1, 0.15) is 0 Å². The molecule has 0 bridgehead atoms. The van der Waals surface area contributed by atoms with E-state index in [0.717, 1.165) is 32.4 Å². The molecule has 2 fully saturated rings. The van der Waals surface area contributed by atoms with Crippen molar-refractivity contribution in [3.05, 3.63) is 0 Å². The maximum absolute atomic E-state index is 11.9. The van der Waals surface area contributed by atoms with Crippen molar-refractivity contribution in [3.8, 4) is 0 Å².